The smallest absolute Gasteiger partial charge is 0.251 e. The summed E-state index contributed by atoms with van der Waals surface area (Å²) in [7, 11) is 0. The number of carbonyl (C=O) groups is 2. The van der Waals surface area contributed by atoms with Gasteiger partial charge in [-0.05, 0) is 36.0 Å². The summed E-state index contributed by atoms with van der Waals surface area (Å²) in [4.78, 5) is 27.6. The molecule has 1 fully saturated rings. The first kappa shape index (κ1) is 19.2. The Morgan fingerprint density at radius 3 is 2.11 bits per heavy atom. The van der Waals surface area contributed by atoms with Crippen molar-refractivity contribution in [1.29, 1.82) is 0 Å². The van der Waals surface area contributed by atoms with Gasteiger partial charge >= 0.3 is 0 Å². The number of hydrogen-bond donors (Lipinski definition) is 1. The fourth-order valence-corrected chi connectivity index (χ4v) is 3.94. The number of carbonyl (C=O) groups excluding carboxylic acids is 2. The predicted molar refractivity (Wildman–Crippen MR) is 107 cm³/mol. The Bertz CT molecular complexity index is 750. The number of nitrogens with one attached hydrogen (secondary N) is 1. The van der Waals surface area contributed by atoms with E-state index in [0.29, 0.717) is 17.4 Å². The molecule has 2 aromatic rings. The Kier molecular flexibility index (Phi) is 6.28. The van der Waals surface area contributed by atoms with Gasteiger partial charge in [0.25, 0.3) is 5.91 Å². The molecular formula is C23H28N2O2. The summed E-state index contributed by atoms with van der Waals surface area (Å²) in [6, 6.07) is 18.5. The average molecular weight is 364 g/mol. The van der Waals surface area contributed by atoms with Crippen LogP contribution in [0.2, 0.25) is 0 Å². The molecule has 2 aromatic carbocycles. The van der Waals surface area contributed by atoms with E-state index in [1.54, 1.807) is 12.1 Å². The lowest BCUT2D eigenvalue weighted by atomic mass is 9.91. The quantitative estimate of drug-likeness (QED) is 0.870. The Labute approximate surface area is 161 Å². The molecule has 0 unspecified atom stereocenters. The molecular weight excluding hydrogens is 336 g/mol. The van der Waals surface area contributed by atoms with Gasteiger partial charge in [-0.3, -0.25) is 9.59 Å². The minimum Gasteiger partial charge on any atom is -0.345 e. The average Bonchev–Trinajstić information content (AvgIpc) is 2.68. The highest BCUT2D eigenvalue weighted by Crippen LogP contribution is 2.24. The van der Waals surface area contributed by atoms with E-state index < -0.39 is 0 Å². The van der Waals surface area contributed by atoms with Gasteiger partial charge in [-0.25, -0.2) is 0 Å². The van der Waals surface area contributed by atoms with Gasteiger partial charge < -0.3 is 10.2 Å². The molecule has 0 aromatic heterocycles. The summed E-state index contributed by atoms with van der Waals surface area (Å²) in [5.41, 5.74) is 1.55. The second-order valence-electron chi connectivity index (χ2n) is 7.75. The molecule has 4 nitrogen and oxygen atoms in total. The summed E-state index contributed by atoms with van der Waals surface area (Å²) in [6.45, 7) is 6.00. The highest BCUT2D eigenvalue weighted by molar-refractivity contribution is 5.94. The maximum atomic E-state index is 13.0. The summed E-state index contributed by atoms with van der Waals surface area (Å²) in [5.74, 6) is 0.992. The predicted octanol–water partition coefficient (Wildman–Crippen LogP) is 4.05. The van der Waals surface area contributed by atoms with Gasteiger partial charge in [0.15, 0.2) is 0 Å². The monoisotopic (exact) mass is 364 g/mol. The molecule has 142 valence electrons. The number of amides is 2. The number of likely N-dealkylation sites (tertiary alicyclic amines) is 1. The van der Waals surface area contributed by atoms with Crippen molar-refractivity contribution in [2.45, 2.75) is 32.7 Å². The van der Waals surface area contributed by atoms with E-state index >= 15 is 0 Å². The van der Waals surface area contributed by atoms with Crippen LogP contribution in [0.3, 0.4) is 0 Å². The number of hydrogen-bond acceptors (Lipinski definition) is 2. The Balaban J connectivity index is 1.74. The van der Waals surface area contributed by atoms with E-state index in [1.807, 2.05) is 53.4 Å². The molecule has 2 amide bonds. The molecule has 0 bridgehead atoms. The summed E-state index contributed by atoms with van der Waals surface area (Å²) in [5, 5.41) is 3.06. The standard InChI is InChI=1S/C23H28N2O2/c1-17-13-18(2)16-25(15-17)22(26)14-21(19-9-5-3-6-10-19)24-23(27)20-11-7-4-8-12-20/h3-12,17-18,21H,13-16H2,1-2H3,(H,24,27)/t17-,18+,21-/m1/s1. The third-order valence-electron chi connectivity index (χ3n) is 5.14. The Morgan fingerprint density at radius 2 is 1.52 bits per heavy atom. The summed E-state index contributed by atoms with van der Waals surface area (Å²) >= 11 is 0. The van der Waals surface area contributed by atoms with Crippen molar-refractivity contribution < 1.29 is 9.59 Å². The maximum absolute atomic E-state index is 13.0. The van der Waals surface area contributed by atoms with Gasteiger partial charge in [-0.1, -0.05) is 62.4 Å². The summed E-state index contributed by atoms with van der Waals surface area (Å²) in [6.07, 6.45) is 1.44. The topological polar surface area (TPSA) is 49.4 Å². The lowest BCUT2D eigenvalue weighted by Crippen LogP contribution is -2.44. The van der Waals surface area contributed by atoms with Crippen LogP contribution in [0.25, 0.3) is 0 Å². The van der Waals surface area contributed by atoms with Crippen molar-refractivity contribution >= 4 is 11.8 Å². The van der Waals surface area contributed by atoms with E-state index in [-0.39, 0.29) is 24.3 Å². The molecule has 3 atom stereocenters. The molecule has 27 heavy (non-hydrogen) atoms. The van der Waals surface area contributed by atoms with Crippen LogP contribution in [0, 0.1) is 11.8 Å². The molecule has 1 N–H and O–H groups in total. The first-order chi connectivity index (χ1) is 13.0. The SMILES string of the molecule is C[C@@H]1C[C@H](C)CN(C(=O)C[C@@H](NC(=O)c2ccccc2)c2ccccc2)C1. The van der Waals surface area contributed by atoms with E-state index in [9.17, 15) is 9.59 Å². The molecule has 0 spiro atoms. The lowest BCUT2D eigenvalue weighted by Gasteiger charge is -2.36. The minimum absolute atomic E-state index is 0.107. The van der Waals surface area contributed by atoms with Gasteiger partial charge in [-0.2, -0.15) is 0 Å². The fourth-order valence-electron chi connectivity index (χ4n) is 3.94. The largest absolute Gasteiger partial charge is 0.345 e. The zero-order valence-corrected chi connectivity index (χ0v) is 16.1. The van der Waals surface area contributed by atoms with Crippen LogP contribution in [0.5, 0.6) is 0 Å². The van der Waals surface area contributed by atoms with Crippen LogP contribution in [0.15, 0.2) is 60.7 Å². The van der Waals surface area contributed by atoms with Crippen LogP contribution < -0.4 is 5.32 Å². The molecule has 1 aliphatic rings. The van der Waals surface area contributed by atoms with Gasteiger partial charge in [0.05, 0.1) is 12.5 Å². The van der Waals surface area contributed by atoms with Gasteiger partial charge in [0.1, 0.15) is 0 Å². The zero-order valence-electron chi connectivity index (χ0n) is 16.1. The van der Waals surface area contributed by atoms with Crippen LogP contribution in [-0.4, -0.2) is 29.8 Å². The third-order valence-corrected chi connectivity index (χ3v) is 5.14. The Morgan fingerprint density at radius 1 is 0.963 bits per heavy atom. The number of piperidine rings is 1. The molecule has 4 heteroatoms. The zero-order chi connectivity index (χ0) is 19.2. The minimum atomic E-state index is -0.334. The fraction of sp³-hybridized carbons (Fsp3) is 0.391. The molecule has 0 aliphatic carbocycles. The van der Waals surface area contributed by atoms with Crippen molar-refractivity contribution in [1.82, 2.24) is 10.2 Å². The second-order valence-corrected chi connectivity index (χ2v) is 7.75. The Hall–Kier alpha value is -2.62. The normalized spacial score (nSPS) is 20.7. The molecule has 1 saturated heterocycles. The summed E-state index contributed by atoms with van der Waals surface area (Å²) < 4.78 is 0. The second kappa shape index (κ2) is 8.85. The van der Waals surface area contributed by atoms with E-state index in [1.165, 1.54) is 0 Å². The van der Waals surface area contributed by atoms with Gasteiger partial charge in [0, 0.05) is 18.7 Å². The van der Waals surface area contributed by atoms with Crippen LogP contribution in [-0.2, 0) is 4.79 Å². The number of rotatable bonds is 5. The molecule has 0 radical (unpaired) electrons. The van der Waals surface area contributed by atoms with Crippen molar-refractivity contribution in [3.63, 3.8) is 0 Å². The van der Waals surface area contributed by atoms with Gasteiger partial charge in [-0.15, -0.1) is 0 Å². The highest BCUT2D eigenvalue weighted by atomic mass is 16.2. The highest BCUT2D eigenvalue weighted by Gasteiger charge is 2.28. The van der Waals surface area contributed by atoms with Crippen molar-refractivity contribution in [3.8, 4) is 0 Å². The van der Waals surface area contributed by atoms with Crippen molar-refractivity contribution in [2.75, 3.05) is 13.1 Å². The first-order valence-corrected chi connectivity index (χ1v) is 9.71. The first-order valence-electron chi connectivity index (χ1n) is 9.71. The van der Waals surface area contributed by atoms with Crippen LogP contribution in [0.4, 0.5) is 0 Å². The molecule has 0 saturated carbocycles. The van der Waals surface area contributed by atoms with E-state index in [2.05, 4.69) is 19.2 Å². The maximum Gasteiger partial charge on any atom is 0.251 e. The molecule has 1 aliphatic heterocycles. The van der Waals surface area contributed by atoms with E-state index in [4.69, 9.17) is 0 Å². The third kappa shape index (κ3) is 5.19. The number of nitrogens with zero attached hydrogens (tertiary/aromatic N) is 1. The number of benzene rings is 2. The lowest BCUT2D eigenvalue weighted by molar-refractivity contribution is -0.134. The van der Waals surface area contributed by atoms with Crippen LogP contribution >= 0.6 is 0 Å². The molecule has 3 rings (SSSR count). The van der Waals surface area contributed by atoms with E-state index in [0.717, 1.165) is 25.1 Å². The van der Waals surface area contributed by atoms with Crippen LogP contribution in [0.1, 0.15) is 48.7 Å². The van der Waals surface area contributed by atoms with Crippen molar-refractivity contribution in [2.24, 2.45) is 11.8 Å². The molecule has 1 heterocycles. The van der Waals surface area contributed by atoms with Gasteiger partial charge in [0.2, 0.25) is 5.91 Å². The van der Waals surface area contributed by atoms with Crippen molar-refractivity contribution in [3.05, 3.63) is 71.8 Å².